The molecule has 10 aromatic rings. The van der Waals surface area contributed by atoms with E-state index in [1.54, 1.807) is 12.3 Å². The maximum Gasteiger partial charge on any atom is 2.00 e. The number of aromatic nitrogens is 3. The van der Waals surface area contributed by atoms with Crippen LogP contribution in [-0.4, -0.2) is 20.1 Å². The number of hydrogen-bond acceptors (Lipinski definition) is 2. The molecule has 0 atom stereocenters. The largest absolute Gasteiger partial charge is 2.00 e. The summed E-state index contributed by atoms with van der Waals surface area (Å²) in [5.41, 5.74) is 7.23. The van der Waals surface area contributed by atoms with E-state index in [4.69, 9.17) is 20.7 Å². The molecular weight excluding hydrogens is 1060 g/mol. The Morgan fingerprint density at radius 2 is 1.24 bits per heavy atom. The molecule has 0 N–H and O–H groups in total. The minimum Gasteiger partial charge on any atom is -0.509 e. The third kappa shape index (κ3) is 8.84. The summed E-state index contributed by atoms with van der Waals surface area (Å²) in [4.78, 5) is 4.89. The molecule has 0 radical (unpaired) electrons. The van der Waals surface area contributed by atoms with Crippen LogP contribution in [0.5, 0.6) is 11.5 Å². The second-order valence-corrected chi connectivity index (χ2v) is 22.6. The quantitative estimate of drug-likeness (QED) is 0.118. The number of rotatable bonds is 7. The molecule has 1 aliphatic heterocycles. The Bertz CT molecular complexity index is 4320. The summed E-state index contributed by atoms with van der Waals surface area (Å²) >= 11 is 0. The van der Waals surface area contributed by atoms with Crippen LogP contribution < -0.4 is 13.9 Å². The topological polar surface area (TPSA) is 38.0 Å². The normalized spacial score (nSPS) is 15.3. The van der Waals surface area contributed by atoms with Crippen molar-refractivity contribution in [1.82, 2.24) is 23.3 Å². The molecule has 7 heteroatoms. The molecule has 0 saturated heterocycles. The maximum atomic E-state index is 9.62. The van der Waals surface area contributed by atoms with Crippen molar-refractivity contribution in [2.45, 2.75) is 106 Å². The van der Waals surface area contributed by atoms with E-state index < -0.39 is 48.0 Å². The molecular formula is C65H63N5OPt+2. The van der Waals surface area contributed by atoms with E-state index >= 15 is 0 Å². The van der Waals surface area contributed by atoms with Crippen molar-refractivity contribution in [2.75, 3.05) is 0 Å². The predicted molar refractivity (Wildman–Crippen MR) is 297 cm³/mol. The SMILES string of the molecule is [2H]c1c([2H])c([2H])c2c(c1[2H])c1c([2H])c([2H])c([2H])c([2H])c1n2-c1ccc2c(c1)c1ccc(Oc3[c-]c([N+]4=C=[N+](c5cc(C(C)(C)C)cc(C(C)(C)C)c5)c5c4cccc5C([2H])([2H])C(C)(C)C)ccc3)[c-]c1n2-c1cc(C(C)(C)C)ccn1.[Pt+2]. The fourth-order valence-corrected chi connectivity index (χ4v) is 9.41. The summed E-state index contributed by atoms with van der Waals surface area (Å²) in [6, 6.07) is 38.5. The van der Waals surface area contributed by atoms with E-state index in [9.17, 15) is 2.74 Å². The number of hydrogen-bond donors (Lipinski definition) is 0. The number of benzene rings is 7. The van der Waals surface area contributed by atoms with Gasteiger partial charge in [-0.1, -0.05) is 160 Å². The minimum absolute atomic E-state index is 0. The van der Waals surface area contributed by atoms with E-state index in [1.165, 1.54) is 4.57 Å². The van der Waals surface area contributed by atoms with Gasteiger partial charge in [0.2, 0.25) is 5.69 Å². The first-order chi connectivity index (χ1) is 37.8. The molecule has 0 fully saturated rings. The third-order valence-electron chi connectivity index (χ3n) is 13.1. The second kappa shape index (κ2) is 17.7. The van der Waals surface area contributed by atoms with Crippen molar-refractivity contribution in [3.05, 3.63) is 186 Å². The van der Waals surface area contributed by atoms with Crippen LogP contribution in [-0.2, 0) is 43.7 Å². The Kier molecular flexibility index (Phi) is 9.32. The van der Waals surface area contributed by atoms with Crippen LogP contribution in [0, 0.1) is 17.5 Å². The van der Waals surface area contributed by atoms with E-state index in [-0.39, 0.29) is 71.2 Å². The van der Waals surface area contributed by atoms with Gasteiger partial charge in [0.25, 0.3) is 5.69 Å². The van der Waals surface area contributed by atoms with Gasteiger partial charge in [-0.25, -0.2) is 4.98 Å². The van der Waals surface area contributed by atoms with Gasteiger partial charge in [0.1, 0.15) is 11.5 Å². The van der Waals surface area contributed by atoms with Gasteiger partial charge < -0.3 is 13.9 Å². The molecule has 0 aliphatic carbocycles. The molecule has 0 spiro atoms. The smallest absolute Gasteiger partial charge is 0.509 e. The Morgan fingerprint density at radius 3 is 1.89 bits per heavy atom. The van der Waals surface area contributed by atoms with E-state index in [0.29, 0.717) is 50.8 Å². The minimum atomic E-state index is -1.75. The van der Waals surface area contributed by atoms with Crippen LogP contribution in [0.3, 0.4) is 0 Å². The van der Waals surface area contributed by atoms with Gasteiger partial charge in [-0.15, -0.1) is 23.6 Å². The fourth-order valence-electron chi connectivity index (χ4n) is 9.41. The predicted octanol–water partition coefficient (Wildman–Crippen LogP) is 17.0. The summed E-state index contributed by atoms with van der Waals surface area (Å²) in [5.74, 6) is 1.36. The molecule has 0 unspecified atom stereocenters. The number of para-hydroxylation sites is 3. The summed E-state index contributed by atoms with van der Waals surface area (Å²) < 4.78 is 104. The molecule has 0 amide bonds. The zero-order chi connectivity index (χ0) is 58.5. The van der Waals surface area contributed by atoms with Crippen LogP contribution in [0.2, 0.25) is 0 Å². The first kappa shape index (κ1) is 37.9. The molecule has 6 nitrogen and oxygen atoms in total. The summed E-state index contributed by atoms with van der Waals surface area (Å²) in [6.45, 7) is 25.4. The fraction of sp³-hybridized carbons (Fsp3) is 0.262. The zero-order valence-electron chi connectivity index (χ0n) is 52.8. The number of pyridine rings is 1. The standard InChI is InChI=1S/C65H63N5O.Pt/c1-62(2,3)40-42-19-17-26-58-61(42)68(48-34-44(64(7,8)9)33-45(35-48)65(10,11)12)41-67(58)46-20-18-21-49(37-46)71-50-28-29-53-54-38-47(69-55-24-15-13-22-51(55)52-23-14-16-25-56(52)69)27-30-57(54)70(59(53)39-50)60-36-43(31-32-66-60)63(4,5)6;/h13-36,38H,40H2,1-12H3;/q;+2/i13D,14D,15D,16D,22D,23D,24D,25D,40D2;. The molecule has 1 aliphatic rings. The van der Waals surface area contributed by atoms with Crippen LogP contribution in [0.15, 0.2) is 152 Å². The second-order valence-electron chi connectivity index (χ2n) is 22.6. The van der Waals surface area contributed by atoms with Gasteiger partial charge >= 0.3 is 32.8 Å². The summed E-state index contributed by atoms with van der Waals surface area (Å²) in [5, 5.41) is 1.44. The van der Waals surface area contributed by atoms with Gasteiger partial charge in [-0.05, 0) is 97.1 Å². The number of fused-ring (bicyclic) bond motifs is 7. The van der Waals surface area contributed by atoms with Gasteiger partial charge in [-0.2, -0.15) is 12.1 Å². The molecule has 0 saturated carbocycles. The van der Waals surface area contributed by atoms with Crippen LogP contribution in [0.4, 0.5) is 22.7 Å². The summed E-state index contributed by atoms with van der Waals surface area (Å²) in [7, 11) is 0. The molecule has 4 heterocycles. The number of nitrogens with zero attached hydrogens (tertiary/aromatic N) is 5. The first-order valence-electron chi connectivity index (χ1n) is 29.1. The average molecular weight is 1140 g/mol. The molecule has 7 aromatic carbocycles. The molecule has 0 bridgehead atoms. The number of ether oxygens (including phenoxy) is 1. The summed E-state index contributed by atoms with van der Waals surface area (Å²) in [6.07, 6.45) is 0.0242. The molecule has 362 valence electrons. The van der Waals surface area contributed by atoms with Gasteiger partial charge in [0.15, 0.2) is 0 Å². The first-order valence-corrected chi connectivity index (χ1v) is 24.1. The van der Waals surface area contributed by atoms with Crippen molar-refractivity contribution in [3.63, 3.8) is 0 Å². The van der Waals surface area contributed by atoms with Gasteiger partial charge in [-0.3, -0.25) is 0 Å². The maximum absolute atomic E-state index is 9.62. The van der Waals surface area contributed by atoms with Crippen molar-refractivity contribution in [2.24, 2.45) is 5.41 Å². The zero-order valence-corrected chi connectivity index (χ0v) is 45.0. The Labute approximate surface area is 453 Å². The van der Waals surface area contributed by atoms with Crippen molar-refractivity contribution < 1.29 is 39.5 Å². The van der Waals surface area contributed by atoms with Crippen molar-refractivity contribution in [1.29, 1.82) is 0 Å². The van der Waals surface area contributed by atoms with E-state index in [0.717, 1.165) is 39.0 Å². The van der Waals surface area contributed by atoms with E-state index in [1.807, 2.05) is 107 Å². The molecule has 11 rings (SSSR count). The van der Waals surface area contributed by atoms with Crippen LogP contribution in [0.1, 0.15) is 119 Å². The molecule has 3 aromatic heterocycles. The van der Waals surface area contributed by atoms with Crippen molar-refractivity contribution >= 4 is 72.4 Å². The monoisotopic (exact) mass is 1130 g/mol. The van der Waals surface area contributed by atoms with Gasteiger partial charge in [0, 0.05) is 66.2 Å². The Balaban J connectivity index is 0.00000753. The molecule has 72 heavy (non-hydrogen) atoms. The Morgan fingerprint density at radius 1 is 0.597 bits per heavy atom. The van der Waals surface area contributed by atoms with E-state index in [2.05, 4.69) is 98.7 Å². The Hall–Kier alpha value is -6.84. The average Bonchev–Trinajstić information content (AvgIpc) is 4.13. The van der Waals surface area contributed by atoms with Crippen LogP contribution in [0.25, 0.3) is 55.1 Å². The van der Waals surface area contributed by atoms with Gasteiger partial charge in [0.05, 0.1) is 22.0 Å². The van der Waals surface area contributed by atoms with Crippen molar-refractivity contribution in [3.8, 4) is 23.0 Å². The third-order valence-corrected chi connectivity index (χ3v) is 13.1. The van der Waals surface area contributed by atoms with Crippen LogP contribution >= 0.6 is 0 Å².